The number of fused-ring (bicyclic) bond motifs is 3. The van der Waals surface area contributed by atoms with Crippen LogP contribution in [-0.2, 0) is 6.54 Å². The molecule has 2 fully saturated rings. The molecular weight excluding hydrogens is 392 g/mol. The molecule has 1 aliphatic heterocycles. The van der Waals surface area contributed by atoms with Crippen molar-refractivity contribution in [3.8, 4) is 5.75 Å². The molecule has 3 aromatic rings. The number of likely N-dealkylation sites (tertiary alicyclic amines) is 1. The van der Waals surface area contributed by atoms with Gasteiger partial charge in [0.05, 0.1) is 7.11 Å². The zero-order chi connectivity index (χ0) is 21.1. The Morgan fingerprint density at radius 1 is 1.20 bits per heavy atom. The highest BCUT2D eigenvalue weighted by atomic mass is 32.1. The number of nitrogens with zero attached hydrogens (tertiary/aromatic N) is 2. The summed E-state index contributed by atoms with van der Waals surface area (Å²) >= 11 is 1.70. The summed E-state index contributed by atoms with van der Waals surface area (Å²) < 4.78 is 7.60. The number of hydrogen-bond donors (Lipinski definition) is 0. The van der Waals surface area contributed by atoms with Gasteiger partial charge in [0, 0.05) is 24.5 Å². The largest absolute Gasteiger partial charge is 0.497 e. The van der Waals surface area contributed by atoms with E-state index in [1.807, 2.05) is 12.1 Å². The minimum absolute atomic E-state index is 0.188. The van der Waals surface area contributed by atoms with Crippen LogP contribution in [0.5, 0.6) is 5.75 Å². The highest BCUT2D eigenvalue weighted by Gasteiger charge is 2.51. The highest BCUT2D eigenvalue weighted by Crippen LogP contribution is 2.52. The molecule has 0 spiro atoms. The summed E-state index contributed by atoms with van der Waals surface area (Å²) in [6.45, 7) is 8.61. The molecule has 5 heteroatoms. The predicted octanol–water partition coefficient (Wildman–Crippen LogP) is 5.80. The molecule has 1 saturated heterocycles. The van der Waals surface area contributed by atoms with Crippen molar-refractivity contribution in [3.05, 3.63) is 53.0 Å². The average Bonchev–Trinajstić information content (AvgIpc) is 3.33. The Hall–Kier alpha value is -2.27. The number of ether oxygens (including phenoxy) is 1. The Morgan fingerprint density at radius 2 is 2.03 bits per heavy atom. The van der Waals surface area contributed by atoms with Crippen LogP contribution >= 0.6 is 11.3 Å². The fourth-order valence-electron chi connectivity index (χ4n) is 6.11. The van der Waals surface area contributed by atoms with Crippen molar-refractivity contribution in [1.29, 1.82) is 0 Å². The van der Waals surface area contributed by atoms with Crippen molar-refractivity contribution in [1.82, 2.24) is 9.47 Å². The lowest BCUT2D eigenvalue weighted by Gasteiger charge is -2.39. The molecule has 2 aromatic heterocycles. The molecule has 4 nitrogen and oxygen atoms in total. The number of rotatable bonds is 4. The van der Waals surface area contributed by atoms with Gasteiger partial charge < -0.3 is 14.2 Å². The fraction of sp³-hybridized carbons (Fsp3) is 0.480. The molecule has 5 rings (SSSR count). The van der Waals surface area contributed by atoms with E-state index in [9.17, 15) is 4.79 Å². The van der Waals surface area contributed by atoms with Crippen molar-refractivity contribution < 1.29 is 9.53 Å². The molecule has 0 radical (unpaired) electrons. The first kappa shape index (κ1) is 19.7. The van der Waals surface area contributed by atoms with E-state index in [1.165, 1.54) is 6.42 Å². The zero-order valence-electron chi connectivity index (χ0n) is 18.3. The summed E-state index contributed by atoms with van der Waals surface area (Å²) in [4.78, 5) is 17.2. The molecule has 30 heavy (non-hydrogen) atoms. The molecule has 1 aromatic carbocycles. The number of carbonyl (C=O) groups is 1. The maximum atomic E-state index is 13.8. The quantitative estimate of drug-likeness (QED) is 0.532. The van der Waals surface area contributed by atoms with Crippen LogP contribution in [0.2, 0.25) is 0 Å². The van der Waals surface area contributed by atoms with Gasteiger partial charge in [-0.25, -0.2) is 0 Å². The summed E-state index contributed by atoms with van der Waals surface area (Å²) in [5.41, 5.74) is 2.50. The summed E-state index contributed by atoms with van der Waals surface area (Å²) in [6, 6.07) is 12.7. The minimum atomic E-state index is 0.188. The molecule has 1 aliphatic carbocycles. The van der Waals surface area contributed by atoms with Crippen LogP contribution < -0.4 is 4.74 Å². The second-order valence-electron chi connectivity index (χ2n) is 10.3. The second-order valence-corrected chi connectivity index (χ2v) is 11.2. The van der Waals surface area contributed by atoms with E-state index in [2.05, 4.69) is 59.9 Å². The van der Waals surface area contributed by atoms with Gasteiger partial charge in [0.25, 0.3) is 5.91 Å². The second kappa shape index (κ2) is 6.88. The lowest BCUT2D eigenvalue weighted by Crippen LogP contribution is -2.38. The smallest absolute Gasteiger partial charge is 0.270 e. The number of benzene rings is 1. The topological polar surface area (TPSA) is 34.5 Å². The molecular formula is C25H30N2O2S. The van der Waals surface area contributed by atoms with Gasteiger partial charge in [-0.1, -0.05) is 32.9 Å². The third-order valence-corrected chi connectivity index (χ3v) is 7.82. The van der Waals surface area contributed by atoms with E-state index in [4.69, 9.17) is 4.74 Å². The van der Waals surface area contributed by atoms with Gasteiger partial charge in [-0.05, 0) is 65.3 Å². The van der Waals surface area contributed by atoms with Gasteiger partial charge in [-0.2, -0.15) is 0 Å². The standard InChI is InChI=1S/C25H30N2O2S/c1-24(2)12-19-13-25(3,15-24)16-27(19)22(28)21-11-18-8-9-30-23(18)26(21)14-17-6-5-7-20(10-17)29-4/h5-11,19H,12-16H2,1-4H3/t19-,25-/m0/s1. The lowest BCUT2D eigenvalue weighted by molar-refractivity contribution is 0.0698. The molecule has 1 saturated carbocycles. The minimum Gasteiger partial charge on any atom is -0.497 e. The molecule has 0 unspecified atom stereocenters. The third kappa shape index (κ3) is 3.33. The van der Waals surface area contributed by atoms with Gasteiger partial charge in [0.15, 0.2) is 0 Å². The average molecular weight is 423 g/mol. The number of hydrogen-bond acceptors (Lipinski definition) is 3. The first-order valence-corrected chi connectivity index (χ1v) is 11.7. The fourth-order valence-corrected chi connectivity index (χ4v) is 7.00. The van der Waals surface area contributed by atoms with Gasteiger partial charge in [-0.3, -0.25) is 4.79 Å². The first-order chi connectivity index (χ1) is 14.3. The highest BCUT2D eigenvalue weighted by molar-refractivity contribution is 7.16. The van der Waals surface area contributed by atoms with Crippen LogP contribution in [0.4, 0.5) is 0 Å². The van der Waals surface area contributed by atoms with Crippen molar-refractivity contribution in [2.45, 2.75) is 52.6 Å². The molecule has 0 N–H and O–H groups in total. The normalized spacial score (nSPS) is 25.1. The zero-order valence-corrected chi connectivity index (χ0v) is 19.1. The Labute approximate surface area is 182 Å². The van der Waals surface area contributed by atoms with E-state index < -0.39 is 0 Å². The number of thiophene rings is 1. The molecule has 2 bridgehead atoms. The predicted molar refractivity (Wildman–Crippen MR) is 122 cm³/mol. The molecule has 1 amide bonds. The molecule has 3 heterocycles. The lowest BCUT2D eigenvalue weighted by atomic mass is 9.65. The van der Waals surface area contributed by atoms with Crippen LogP contribution in [-0.4, -0.2) is 35.1 Å². The summed E-state index contributed by atoms with van der Waals surface area (Å²) in [6.07, 6.45) is 3.42. The van der Waals surface area contributed by atoms with Gasteiger partial charge in [0.1, 0.15) is 16.3 Å². The third-order valence-electron chi connectivity index (χ3n) is 6.87. The van der Waals surface area contributed by atoms with Crippen molar-refractivity contribution in [2.75, 3.05) is 13.7 Å². The maximum Gasteiger partial charge on any atom is 0.270 e. The number of amides is 1. The Kier molecular flexibility index (Phi) is 4.51. The van der Waals surface area contributed by atoms with E-state index in [0.717, 1.165) is 46.6 Å². The van der Waals surface area contributed by atoms with Crippen LogP contribution in [0.25, 0.3) is 10.2 Å². The molecule has 2 aliphatic rings. The Morgan fingerprint density at radius 3 is 2.83 bits per heavy atom. The summed E-state index contributed by atoms with van der Waals surface area (Å²) in [5, 5.41) is 3.26. The Bertz CT molecular complexity index is 1110. The first-order valence-electron chi connectivity index (χ1n) is 10.8. The van der Waals surface area contributed by atoms with Gasteiger partial charge in [0.2, 0.25) is 0 Å². The maximum absolute atomic E-state index is 13.8. The summed E-state index contributed by atoms with van der Waals surface area (Å²) in [7, 11) is 1.69. The number of aromatic nitrogens is 1. The van der Waals surface area contributed by atoms with Crippen molar-refractivity contribution >= 4 is 27.5 Å². The van der Waals surface area contributed by atoms with E-state index in [1.54, 1.807) is 18.4 Å². The summed E-state index contributed by atoms with van der Waals surface area (Å²) in [5.74, 6) is 1.03. The van der Waals surface area contributed by atoms with Gasteiger partial charge in [-0.15, -0.1) is 11.3 Å². The van der Waals surface area contributed by atoms with Crippen LogP contribution in [0.3, 0.4) is 0 Å². The van der Waals surface area contributed by atoms with Crippen LogP contribution in [0.1, 0.15) is 56.1 Å². The van der Waals surface area contributed by atoms with Crippen LogP contribution in [0, 0.1) is 10.8 Å². The van der Waals surface area contributed by atoms with E-state index in [0.29, 0.717) is 18.0 Å². The van der Waals surface area contributed by atoms with Crippen molar-refractivity contribution in [3.63, 3.8) is 0 Å². The number of carbonyl (C=O) groups excluding carboxylic acids is 1. The number of methoxy groups -OCH3 is 1. The van der Waals surface area contributed by atoms with Crippen molar-refractivity contribution in [2.24, 2.45) is 10.8 Å². The molecule has 158 valence electrons. The van der Waals surface area contributed by atoms with E-state index in [-0.39, 0.29) is 11.3 Å². The monoisotopic (exact) mass is 422 g/mol. The SMILES string of the molecule is COc1cccc(Cn2c(C(=O)N3C[C@@]4(C)C[C@@H]3CC(C)(C)C4)cc3ccsc32)c1. The van der Waals surface area contributed by atoms with E-state index >= 15 is 0 Å². The van der Waals surface area contributed by atoms with Crippen LogP contribution in [0.15, 0.2) is 41.8 Å². The Balaban J connectivity index is 1.51. The van der Waals surface area contributed by atoms with Gasteiger partial charge >= 0.3 is 0 Å². The molecule has 2 atom stereocenters.